The molecule has 0 fully saturated rings. The van der Waals surface area contributed by atoms with Gasteiger partial charge in [0.15, 0.2) is 5.82 Å². The van der Waals surface area contributed by atoms with Crippen LogP contribution in [-0.2, 0) is 37.8 Å². The summed E-state index contributed by atoms with van der Waals surface area (Å²) < 4.78 is 12.3. The molecule has 2 N–H and O–H groups in total. The van der Waals surface area contributed by atoms with E-state index in [0.717, 1.165) is 38.2 Å². The van der Waals surface area contributed by atoms with Crippen LogP contribution < -0.4 is 16.4 Å². The van der Waals surface area contributed by atoms with E-state index in [1.54, 1.807) is 44.9 Å². The molecule has 12 heteroatoms. The maximum Gasteiger partial charge on any atom is 0.280 e. The zero-order valence-corrected chi connectivity index (χ0v) is 26.9. The zero-order valence-electron chi connectivity index (χ0n) is 26.9. The van der Waals surface area contributed by atoms with Gasteiger partial charge in [-0.25, -0.2) is 4.98 Å². The molecule has 6 heterocycles. The van der Waals surface area contributed by atoms with Crippen LogP contribution >= 0.6 is 0 Å². The fraction of sp³-hybridized carbons (Fsp3) is 0.412. The lowest BCUT2D eigenvalue weighted by molar-refractivity contribution is 0.104. The summed E-state index contributed by atoms with van der Waals surface area (Å²) in [7, 11) is 3.40. The smallest absolute Gasteiger partial charge is 0.280 e. The van der Waals surface area contributed by atoms with Crippen molar-refractivity contribution in [3.05, 3.63) is 92.3 Å². The molecule has 2 aliphatic rings. The summed E-state index contributed by atoms with van der Waals surface area (Å²) in [6, 6.07) is 7.69. The van der Waals surface area contributed by atoms with Crippen LogP contribution in [0.1, 0.15) is 49.3 Å². The summed E-state index contributed by atoms with van der Waals surface area (Å²) in [5, 5.41) is 18.6. The number of nitrogens with zero attached hydrogens (tertiary/aromatic N) is 7. The molecule has 0 unspecified atom stereocenters. The van der Waals surface area contributed by atoms with Gasteiger partial charge >= 0.3 is 0 Å². The molecule has 46 heavy (non-hydrogen) atoms. The molecule has 12 nitrogen and oxygen atoms in total. The van der Waals surface area contributed by atoms with E-state index >= 15 is 0 Å². The van der Waals surface area contributed by atoms with Crippen molar-refractivity contribution >= 4 is 17.0 Å². The summed E-state index contributed by atoms with van der Waals surface area (Å²) in [5.74, 6) is 0.941. The minimum absolute atomic E-state index is 0.158. The van der Waals surface area contributed by atoms with E-state index in [2.05, 4.69) is 36.0 Å². The van der Waals surface area contributed by atoms with Gasteiger partial charge in [0, 0.05) is 81.0 Å². The van der Waals surface area contributed by atoms with E-state index in [1.165, 1.54) is 20.4 Å². The lowest BCUT2D eigenvalue weighted by Gasteiger charge is -2.33. The molecule has 0 saturated heterocycles. The number of rotatable bonds is 8. The highest BCUT2D eigenvalue weighted by molar-refractivity contribution is 5.73. The number of methoxy groups -OCH3 is 1. The topological polar surface area (TPSA) is 124 Å². The van der Waals surface area contributed by atoms with Gasteiger partial charge in [-0.15, -0.1) is 0 Å². The predicted octanol–water partition coefficient (Wildman–Crippen LogP) is 3.43. The van der Waals surface area contributed by atoms with Gasteiger partial charge in [-0.05, 0) is 54.5 Å². The monoisotopic (exact) mass is 624 g/mol. The van der Waals surface area contributed by atoms with E-state index in [1.807, 2.05) is 27.4 Å². The number of aromatic nitrogens is 6. The molecule has 5 aromatic rings. The number of pyridine rings is 2. The summed E-state index contributed by atoms with van der Waals surface area (Å²) in [4.78, 5) is 34.0. The molecule has 7 rings (SSSR count). The Bertz CT molecular complexity index is 2090. The minimum atomic E-state index is -0.349. The number of ether oxygens (including phenoxy) is 1. The molecular formula is C34H40N8O4. The standard InChI is InChI=1S/C34H40N8O4/c1-21-27-16-30(37-42(27)11-8-39(21)12-13-46-5)36-26-14-23(19-38(4)32(26)44)24-6-7-35-31(25(24)20-43)41-10-9-40-28(33(41)45)15-22-17-34(2,3)18-29(22)40/h6-7,9-10,14-16,19,21,43H,8,11-13,17-18,20H2,1-5H3,(H,36,37)/t21-/m0/s1. The predicted molar refractivity (Wildman–Crippen MR) is 176 cm³/mol. The molecule has 0 aromatic carbocycles. The third-order valence-corrected chi connectivity index (χ3v) is 9.49. The lowest BCUT2D eigenvalue weighted by Crippen LogP contribution is -2.38. The average molecular weight is 625 g/mol. The summed E-state index contributed by atoms with van der Waals surface area (Å²) in [6.45, 7) is 9.39. The number of nitrogens with one attached hydrogen (secondary N) is 1. The molecule has 0 bridgehead atoms. The second kappa shape index (κ2) is 11.4. The Balaban J connectivity index is 1.24. The van der Waals surface area contributed by atoms with Gasteiger partial charge in [0.2, 0.25) is 0 Å². The van der Waals surface area contributed by atoms with E-state index in [9.17, 15) is 14.7 Å². The van der Waals surface area contributed by atoms with Crippen LogP contribution in [0.2, 0.25) is 0 Å². The van der Waals surface area contributed by atoms with Crippen molar-refractivity contribution in [2.24, 2.45) is 12.5 Å². The number of aliphatic hydroxyl groups is 1. The van der Waals surface area contributed by atoms with Crippen LogP contribution in [0, 0.1) is 5.41 Å². The van der Waals surface area contributed by atoms with Crippen molar-refractivity contribution in [2.45, 2.75) is 52.8 Å². The quantitative estimate of drug-likeness (QED) is 0.269. The second-order valence-corrected chi connectivity index (χ2v) is 13.2. The molecule has 0 spiro atoms. The van der Waals surface area contributed by atoms with Gasteiger partial charge in [0.05, 0.1) is 25.5 Å². The van der Waals surface area contributed by atoms with Crippen LogP contribution in [0.5, 0.6) is 0 Å². The molecule has 0 saturated carbocycles. The van der Waals surface area contributed by atoms with E-state index in [0.29, 0.717) is 46.1 Å². The van der Waals surface area contributed by atoms with Crippen LogP contribution in [0.4, 0.5) is 11.5 Å². The van der Waals surface area contributed by atoms with E-state index in [-0.39, 0.29) is 29.2 Å². The van der Waals surface area contributed by atoms with E-state index < -0.39 is 0 Å². The van der Waals surface area contributed by atoms with Gasteiger partial charge in [0.1, 0.15) is 17.0 Å². The first-order chi connectivity index (χ1) is 22.1. The fourth-order valence-electron chi connectivity index (χ4n) is 7.15. The fourth-order valence-corrected chi connectivity index (χ4v) is 7.15. The summed E-state index contributed by atoms with van der Waals surface area (Å²) in [6.07, 6.45) is 8.81. The van der Waals surface area contributed by atoms with Gasteiger partial charge in [-0.3, -0.25) is 23.7 Å². The second-order valence-electron chi connectivity index (χ2n) is 13.2. The van der Waals surface area contributed by atoms with Crippen molar-refractivity contribution in [1.82, 2.24) is 33.2 Å². The number of aliphatic hydroxyl groups excluding tert-OH is 1. The summed E-state index contributed by atoms with van der Waals surface area (Å²) in [5.41, 5.74) is 6.00. The third kappa shape index (κ3) is 5.06. The minimum Gasteiger partial charge on any atom is -0.392 e. The molecule has 1 aliphatic heterocycles. The van der Waals surface area contributed by atoms with Gasteiger partial charge in [-0.2, -0.15) is 5.10 Å². The SMILES string of the molecule is COCCN1CCn2nc(Nc3cc(-c4ccnc(-n5ccn6c7c(cc6c5=O)CC(C)(C)C7)c4CO)cn(C)c3=O)cc2[C@@H]1C. The maximum atomic E-state index is 13.8. The number of aryl methyl sites for hydroxylation is 1. The first-order valence-electron chi connectivity index (χ1n) is 15.7. The highest BCUT2D eigenvalue weighted by Crippen LogP contribution is 2.37. The van der Waals surface area contributed by atoms with Crippen LogP contribution in [0.15, 0.2) is 58.6 Å². The largest absolute Gasteiger partial charge is 0.392 e. The number of hydrogen-bond acceptors (Lipinski definition) is 8. The Kier molecular flexibility index (Phi) is 7.46. The zero-order chi connectivity index (χ0) is 32.3. The van der Waals surface area contributed by atoms with E-state index in [4.69, 9.17) is 9.84 Å². The third-order valence-electron chi connectivity index (χ3n) is 9.49. The highest BCUT2D eigenvalue weighted by Gasteiger charge is 2.32. The molecule has 0 amide bonds. The van der Waals surface area contributed by atoms with Crippen molar-refractivity contribution in [3.8, 4) is 16.9 Å². The Morgan fingerprint density at radius 2 is 1.93 bits per heavy atom. The Hall–Kier alpha value is -4.52. The number of hydrogen-bond donors (Lipinski definition) is 2. The maximum absolute atomic E-state index is 13.8. The van der Waals surface area contributed by atoms with Crippen molar-refractivity contribution in [2.75, 3.05) is 32.1 Å². The van der Waals surface area contributed by atoms with Crippen molar-refractivity contribution in [1.29, 1.82) is 0 Å². The van der Waals surface area contributed by atoms with Crippen LogP contribution in [0.25, 0.3) is 22.5 Å². The Morgan fingerprint density at radius 1 is 1.11 bits per heavy atom. The van der Waals surface area contributed by atoms with Gasteiger partial charge in [0.25, 0.3) is 11.1 Å². The molecule has 240 valence electrons. The van der Waals surface area contributed by atoms with Crippen LogP contribution in [0.3, 0.4) is 0 Å². The Morgan fingerprint density at radius 3 is 2.72 bits per heavy atom. The van der Waals surface area contributed by atoms with Gasteiger partial charge in [-0.1, -0.05) is 13.8 Å². The number of anilines is 2. The lowest BCUT2D eigenvalue weighted by atomic mass is 9.90. The average Bonchev–Trinajstić information content (AvgIpc) is 3.69. The first kappa shape index (κ1) is 30.2. The van der Waals surface area contributed by atoms with Crippen molar-refractivity contribution in [3.63, 3.8) is 0 Å². The highest BCUT2D eigenvalue weighted by atomic mass is 16.5. The molecule has 5 aromatic heterocycles. The Labute approximate surface area is 266 Å². The molecule has 0 radical (unpaired) electrons. The van der Waals surface area contributed by atoms with Crippen molar-refractivity contribution < 1.29 is 9.84 Å². The molecule has 1 atom stereocenters. The summed E-state index contributed by atoms with van der Waals surface area (Å²) >= 11 is 0. The molecular weight excluding hydrogens is 584 g/mol. The van der Waals surface area contributed by atoms with Gasteiger partial charge < -0.3 is 24.1 Å². The first-order valence-corrected chi connectivity index (χ1v) is 15.7. The molecule has 1 aliphatic carbocycles. The normalized spacial score (nSPS) is 17.4. The van der Waals surface area contributed by atoms with Crippen LogP contribution in [-0.4, -0.2) is 65.1 Å². The number of fused-ring (bicyclic) bond motifs is 4.